The highest BCUT2D eigenvalue weighted by atomic mass is 16.6. The van der Waals surface area contributed by atoms with E-state index in [1.54, 1.807) is 17.0 Å². The number of rotatable bonds is 6. The number of benzene rings is 1. The zero-order valence-corrected chi connectivity index (χ0v) is 12.6. The van der Waals surface area contributed by atoms with Gasteiger partial charge in [-0.15, -0.1) is 0 Å². The number of nitro benzene ring substituents is 1. The molecule has 1 aromatic carbocycles. The van der Waals surface area contributed by atoms with Crippen molar-refractivity contribution in [2.24, 2.45) is 0 Å². The second-order valence-corrected chi connectivity index (χ2v) is 5.37. The van der Waals surface area contributed by atoms with Crippen molar-refractivity contribution >= 4 is 23.3 Å². The second kappa shape index (κ2) is 7.57. The number of piperazine rings is 1. The number of carboxylic acid groups (broad SMARTS) is 1. The van der Waals surface area contributed by atoms with Gasteiger partial charge in [-0.2, -0.15) is 0 Å². The van der Waals surface area contributed by atoms with E-state index in [9.17, 15) is 24.8 Å². The monoisotopic (exact) mass is 320 g/mol. The van der Waals surface area contributed by atoms with E-state index < -0.39 is 10.9 Å². The molecule has 0 saturated carbocycles. The highest BCUT2D eigenvalue weighted by molar-refractivity contribution is 5.77. The lowest BCUT2D eigenvalue weighted by Crippen LogP contribution is -2.48. The van der Waals surface area contributed by atoms with Gasteiger partial charge in [-0.1, -0.05) is 0 Å². The predicted molar refractivity (Wildman–Crippen MR) is 80.7 cm³/mol. The highest BCUT2D eigenvalue weighted by Gasteiger charge is 2.21. The maximum absolute atomic E-state index is 12.0. The van der Waals surface area contributed by atoms with Crippen molar-refractivity contribution in [2.75, 3.05) is 31.1 Å². The summed E-state index contributed by atoms with van der Waals surface area (Å²) in [5, 5.41) is 21.0. The molecule has 0 N–H and O–H groups in total. The van der Waals surface area contributed by atoms with Crippen LogP contribution in [0.4, 0.5) is 11.4 Å². The van der Waals surface area contributed by atoms with E-state index >= 15 is 0 Å². The van der Waals surface area contributed by atoms with Crippen LogP contribution in [0, 0.1) is 10.1 Å². The molecule has 1 saturated heterocycles. The molecule has 1 fully saturated rings. The molecule has 124 valence electrons. The van der Waals surface area contributed by atoms with Crippen molar-refractivity contribution < 1.29 is 19.6 Å². The van der Waals surface area contributed by atoms with Crippen molar-refractivity contribution in [3.05, 3.63) is 34.4 Å². The Balaban J connectivity index is 1.82. The maximum Gasteiger partial charge on any atom is 0.269 e. The molecular weight excluding hydrogens is 302 g/mol. The number of carbonyl (C=O) groups excluding carboxylic acids is 2. The lowest BCUT2D eigenvalue weighted by atomic mass is 10.2. The number of carbonyl (C=O) groups is 2. The predicted octanol–water partition coefficient (Wildman–Crippen LogP) is 0.164. The van der Waals surface area contributed by atoms with Gasteiger partial charge in [0.2, 0.25) is 5.91 Å². The normalized spacial score (nSPS) is 14.6. The summed E-state index contributed by atoms with van der Waals surface area (Å²) >= 11 is 0. The molecule has 8 heteroatoms. The van der Waals surface area contributed by atoms with Gasteiger partial charge in [0, 0.05) is 56.4 Å². The number of hydrogen-bond acceptors (Lipinski definition) is 6. The Morgan fingerprint density at radius 3 is 2.17 bits per heavy atom. The van der Waals surface area contributed by atoms with Crippen LogP contribution in [0.1, 0.15) is 19.3 Å². The van der Waals surface area contributed by atoms with Crippen molar-refractivity contribution in [1.29, 1.82) is 0 Å². The van der Waals surface area contributed by atoms with E-state index in [4.69, 9.17) is 0 Å². The Bertz CT molecular complexity index is 579. The first-order valence-corrected chi connectivity index (χ1v) is 7.44. The van der Waals surface area contributed by atoms with Crippen LogP contribution in [0.25, 0.3) is 0 Å². The van der Waals surface area contributed by atoms with Gasteiger partial charge in [0.1, 0.15) is 0 Å². The van der Waals surface area contributed by atoms with E-state index in [0.717, 1.165) is 5.69 Å². The maximum atomic E-state index is 12.0. The summed E-state index contributed by atoms with van der Waals surface area (Å²) in [5.74, 6) is -1.18. The van der Waals surface area contributed by atoms with Gasteiger partial charge >= 0.3 is 0 Å². The Kier molecular flexibility index (Phi) is 5.51. The van der Waals surface area contributed by atoms with Gasteiger partial charge in [-0.25, -0.2) is 0 Å². The van der Waals surface area contributed by atoms with E-state index in [0.29, 0.717) is 32.6 Å². The number of anilines is 1. The minimum atomic E-state index is -1.14. The smallest absolute Gasteiger partial charge is 0.269 e. The topological polar surface area (TPSA) is 107 Å². The first-order chi connectivity index (χ1) is 11.0. The van der Waals surface area contributed by atoms with Gasteiger partial charge in [-0.3, -0.25) is 14.9 Å². The van der Waals surface area contributed by atoms with Crippen molar-refractivity contribution in [3.8, 4) is 0 Å². The van der Waals surface area contributed by atoms with Gasteiger partial charge in [-0.05, 0) is 25.0 Å². The Hall–Kier alpha value is -2.64. The summed E-state index contributed by atoms with van der Waals surface area (Å²) in [6.45, 7) is 2.40. The molecule has 0 aliphatic carbocycles. The van der Waals surface area contributed by atoms with Gasteiger partial charge in [0.05, 0.1) is 4.92 Å². The summed E-state index contributed by atoms with van der Waals surface area (Å²) in [7, 11) is 0. The zero-order valence-electron chi connectivity index (χ0n) is 12.6. The van der Waals surface area contributed by atoms with Crippen LogP contribution in [0.15, 0.2) is 24.3 Å². The number of carboxylic acids is 1. The van der Waals surface area contributed by atoms with Crippen LogP contribution in [-0.4, -0.2) is 47.9 Å². The molecule has 0 bridgehead atoms. The van der Waals surface area contributed by atoms with Crippen molar-refractivity contribution in [3.63, 3.8) is 0 Å². The van der Waals surface area contributed by atoms with Gasteiger partial charge in [0.15, 0.2) is 0 Å². The van der Waals surface area contributed by atoms with Crippen LogP contribution in [0.2, 0.25) is 0 Å². The van der Waals surface area contributed by atoms with Crippen molar-refractivity contribution in [1.82, 2.24) is 4.90 Å². The Morgan fingerprint density at radius 1 is 1.04 bits per heavy atom. The summed E-state index contributed by atoms with van der Waals surface area (Å²) in [4.78, 5) is 36.3. The summed E-state index contributed by atoms with van der Waals surface area (Å²) in [6.07, 6.45) is 0.406. The Labute approximate surface area is 133 Å². The zero-order chi connectivity index (χ0) is 16.8. The number of nitro groups is 1. The highest BCUT2D eigenvalue weighted by Crippen LogP contribution is 2.20. The van der Waals surface area contributed by atoms with Gasteiger partial charge in [0.25, 0.3) is 5.69 Å². The molecule has 1 heterocycles. The number of non-ortho nitro benzene ring substituents is 1. The minimum absolute atomic E-state index is 0.0467. The van der Waals surface area contributed by atoms with Crippen LogP contribution in [-0.2, 0) is 9.59 Å². The minimum Gasteiger partial charge on any atom is -0.550 e. The Morgan fingerprint density at radius 2 is 1.65 bits per heavy atom. The number of hydrogen-bond donors (Lipinski definition) is 0. The van der Waals surface area contributed by atoms with Gasteiger partial charge < -0.3 is 19.7 Å². The van der Waals surface area contributed by atoms with Crippen LogP contribution >= 0.6 is 0 Å². The molecular formula is C15H18N3O5-. The summed E-state index contributed by atoms with van der Waals surface area (Å²) in [5.41, 5.74) is 0.940. The second-order valence-electron chi connectivity index (χ2n) is 5.37. The number of amides is 1. The molecule has 0 radical (unpaired) electrons. The molecule has 0 atom stereocenters. The average molecular weight is 320 g/mol. The fraction of sp³-hybridized carbons (Fsp3) is 0.467. The van der Waals surface area contributed by atoms with E-state index in [-0.39, 0.29) is 24.4 Å². The van der Waals surface area contributed by atoms with Crippen LogP contribution < -0.4 is 10.0 Å². The molecule has 0 unspecified atom stereocenters. The summed E-state index contributed by atoms with van der Waals surface area (Å²) < 4.78 is 0. The number of nitrogens with zero attached hydrogens (tertiary/aromatic N) is 3. The molecule has 0 aromatic heterocycles. The molecule has 0 spiro atoms. The molecule has 23 heavy (non-hydrogen) atoms. The third-order valence-corrected chi connectivity index (χ3v) is 3.83. The fourth-order valence-corrected chi connectivity index (χ4v) is 2.54. The SMILES string of the molecule is O=C([O-])CCCC(=O)N1CCN(c2ccc([N+](=O)[O-])cc2)CC1. The molecule has 1 aromatic rings. The molecule has 1 aliphatic rings. The first-order valence-electron chi connectivity index (χ1n) is 7.44. The molecule has 1 aliphatic heterocycles. The molecule has 1 amide bonds. The lowest BCUT2D eigenvalue weighted by molar-refractivity contribution is -0.384. The van der Waals surface area contributed by atoms with Crippen LogP contribution in [0.5, 0.6) is 0 Å². The largest absolute Gasteiger partial charge is 0.550 e. The van der Waals surface area contributed by atoms with Crippen LogP contribution in [0.3, 0.4) is 0 Å². The van der Waals surface area contributed by atoms with Crippen molar-refractivity contribution in [2.45, 2.75) is 19.3 Å². The average Bonchev–Trinajstić information content (AvgIpc) is 2.54. The first kappa shape index (κ1) is 16.7. The summed E-state index contributed by atoms with van der Waals surface area (Å²) in [6, 6.07) is 6.34. The molecule has 8 nitrogen and oxygen atoms in total. The van der Waals surface area contributed by atoms with E-state index in [1.165, 1.54) is 12.1 Å². The van der Waals surface area contributed by atoms with E-state index in [1.807, 2.05) is 0 Å². The quantitative estimate of drug-likeness (QED) is 0.546. The lowest BCUT2D eigenvalue weighted by Gasteiger charge is -2.36. The standard InChI is InChI=1S/C15H19N3O5/c19-14(2-1-3-15(20)21)17-10-8-16(9-11-17)12-4-6-13(7-5-12)18(22)23/h4-7H,1-3,8-11H2,(H,20,21)/p-1. The molecule has 2 rings (SSSR count). The third-order valence-electron chi connectivity index (χ3n) is 3.83. The number of aliphatic carboxylic acids is 1. The third kappa shape index (κ3) is 4.67. The van der Waals surface area contributed by atoms with E-state index in [2.05, 4.69) is 4.90 Å². The fourth-order valence-electron chi connectivity index (χ4n) is 2.54.